The Bertz CT molecular complexity index is 406. The van der Waals surface area contributed by atoms with E-state index in [9.17, 15) is 0 Å². The van der Waals surface area contributed by atoms with E-state index in [1.807, 2.05) is 6.20 Å². The third kappa shape index (κ3) is 3.18. The molecular formula is C15H26N4. The Kier molecular flexibility index (Phi) is 3.89. The minimum Gasteiger partial charge on any atom is -0.329 e. The van der Waals surface area contributed by atoms with Gasteiger partial charge in [0.1, 0.15) is 0 Å². The van der Waals surface area contributed by atoms with Crippen molar-refractivity contribution in [2.24, 2.45) is 11.7 Å². The number of hydrogen-bond acceptors (Lipinski definition) is 3. The molecule has 2 aliphatic carbocycles. The van der Waals surface area contributed by atoms with Gasteiger partial charge in [0.15, 0.2) is 0 Å². The molecule has 0 saturated heterocycles. The van der Waals surface area contributed by atoms with Crippen LogP contribution in [0.2, 0.25) is 0 Å². The lowest BCUT2D eigenvalue weighted by atomic mass is 10.1. The van der Waals surface area contributed by atoms with Gasteiger partial charge in [-0.3, -0.25) is 9.58 Å². The fraction of sp³-hybridized carbons (Fsp3) is 0.800. The number of nitrogens with zero attached hydrogens (tertiary/aromatic N) is 3. The summed E-state index contributed by atoms with van der Waals surface area (Å²) in [5.74, 6) is 0.931. The Labute approximate surface area is 116 Å². The first-order valence-electron chi connectivity index (χ1n) is 7.80. The van der Waals surface area contributed by atoms with Crippen molar-refractivity contribution in [2.75, 3.05) is 13.1 Å². The molecule has 4 nitrogen and oxygen atoms in total. The molecule has 3 rings (SSSR count). The molecule has 19 heavy (non-hydrogen) atoms. The lowest BCUT2D eigenvalue weighted by Crippen LogP contribution is -2.36. The third-order valence-corrected chi connectivity index (χ3v) is 4.30. The third-order valence-electron chi connectivity index (χ3n) is 4.30. The number of hydrogen-bond donors (Lipinski definition) is 1. The van der Waals surface area contributed by atoms with Gasteiger partial charge in [0.2, 0.25) is 0 Å². The van der Waals surface area contributed by atoms with Crippen LogP contribution in [-0.4, -0.2) is 33.8 Å². The van der Waals surface area contributed by atoms with Crippen LogP contribution >= 0.6 is 0 Å². The molecular weight excluding hydrogens is 236 g/mol. The van der Waals surface area contributed by atoms with Gasteiger partial charge < -0.3 is 5.73 Å². The highest BCUT2D eigenvalue weighted by Crippen LogP contribution is 2.39. The van der Waals surface area contributed by atoms with Gasteiger partial charge in [0.05, 0.1) is 12.2 Å². The van der Waals surface area contributed by atoms with E-state index < -0.39 is 0 Å². The monoisotopic (exact) mass is 262 g/mol. The van der Waals surface area contributed by atoms with Crippen LogP contribution in [0.3, 0.4) is 0 Å². The lowest BCUT2D eigenvalue weighted by molar-refractivity contribution is 0.182. The van der Waals surface area contributed by atoms with E-state index in [4.69, 9.17) is 5.73 Å². The maximum absolute atomic E-state index is 6.07. The summed E-state index contributed by atoms with van der Waals surface area (Å²) in [6, 6.07) is 1.15. The zero-order chi connectivity index (χ0) is 13.2. The zero-order valence-electron chi connectivity index (χ0n) is 12.0. The predicted molar refractivity (Wildman–Crippen MR) is 76.8 cm³/mol. The van der Waals surface area contributed by atoms with Gasteiger partial charge in [-0.1, -0.05) is 6.92 Å². The van der Waals surface area contributed by atoms with E-state index in [2.05, 4.69) is 27.8 Å². The molecule has 2 fully saturated rings. The SMILES string of the molecule is CCCn1cc(C(CN)N(CC2CC2)C2CC2)cn1. The molecule has 0 amide bonds. The minimum absolute atomic E-state index is 0.374. The van der Waals surface area contributed by atoms with Gasteiger partial charge in [-0.15, -0.1) is 0 Å². The molecule has 0 spiro atoms. The average Bonchev–Trinajstić information content (AvgIpc) is 3.31. The van der Waals surface area contributed by atoms with E-state index in [1.54, 1.807) is 0 Å². The highest BCUT2D eigenvalue weighted by Gasteiger charge is 2.37. The van der Waals surface area contributed by atoms with E-state index in [1.165, 1.54) is 37.8 Å². The van der Waals surface area contributed by atoms with Gasteiger partial charge in [-0.25, -0.2) is 0 Å². The Balaban J connectivity index is 1.72. The van der Waals surface area contributed by atoms with Crippen molar-refractivity contribution in [1.82, 2.24) is 14.7 Å². The standard InChI is InChI=1S/C15H26N4/c1-2-7-18-11-13(9-17-18)15(8-16)19(14-5-6-14)10-12-3-4-12/h9,11-12,14-15H,2-8,10,16H2,1H3. The summed E-state index contributed by atoms with van der Waals surface area (Å²) in [6.45, 7) is 5.14. The van der Waals surface area contributed by atoms with Crippen molar-refractivity contribution < 1.29 is 0 Å². The first-order valence-corrected chi connectivity index (χ1v) is 7.80. The molecule has 2 aliphatic rings. The van der Waals surface area contributed by atoms with Crippen LogP contribution in [0.15, 0.2) is 12.4 Å². The summed E-state index contributed by atoms with van der Waals surface area (Å²) >= 11 is 0. The molecule has 2 saturated carbocycles. The van der Waals surface area contributed by atoms with Gasteiger partial charge in [-0.2, -0.15) is 5.10 Å². The van der Waals surface area contributed by atoms with E-state index in [0.717, 1.165) is 24.9 Å². The molecule has 1 heterocycles. The molecule has 1 aromatic heterocycles. The minimum atomic E-state index is 0.374. The maximum Gasteiger partial charge on any atom is 0.0538 e. The second-order valence-corrected chi connectivity index (χ2v) is 6.16. The van der Waals surface area contributed by atoms with E-state index in [-0.39, 0.29) is 0 Å². The molecule has 0 bridgehead atoms. The van der Waals surface area contributed by atoms with Crippen molar-refractivity contribution in [3.8, 4) is 0 Å². The molecule has 1 atom stereocenters. The Morgan fingerprint density at radius 2 is 2.21 bits per heavy atom. The second-order valence-electron chi connectivity index (χ2n) is 6.16. The van der Waals surface area contributed by atoms with Crippen LogP contribution in [0.4, 0.5) is 0 Å². The largest absolute Gasteiger partial charge is 0.329 e. The summed E-state index contributed by atoms with van der Waals surface area (Å²) in [7, 11) is 0. The van der Waals surface area contributed by atoms with Crippen molar-refractivity contribution in [2.45, 2.75) is 57.7 Å². The number of nitrogens with two attached hydrogens (primary N) is 1. The summed E-state index contributed by atoms with van der Waals surface area (Å²) in [5, 5.41) is 4.47. The smallest absolute Gasteiger partial charge is 0.0538 e. The second kappa shape index (κ2) is 5.63. The van der Waals surface area contributed by atoms with Crippen LogP contribution in [0, 0.1) is 5.92 Å². The summed E-state index contributed by atoms with van der Waals surface area (Å²) in [4.78, 5) is 2.66. The highest BCUT2D eigenvalue weighted by molar-refractivity contribution is 5.13. The highest BCUT2D eigenvalue weighted by atomic mass is 15.3. The zero-order valence-corrected chi connectivity index (χ0v) is 12.0. The summed E-state index contributed by atoms with van der Waals surface area (Å²) < 4.78 is 2.06. The molecule has 106 valence electrons. The molecule has 0 radical (unpaired) electrons. The van der Waals surface area contributed by atoms with Crippen LogP contribution in [-0.2, 0) is 6.54 Å². The van der Waals surface area contributed by atoms with Crippen molar-refractivity contribution in [3.63, 3.8) is 0 Å². The van der Waals surface area contributed by atoms with Crippen molar-refractivity contribution >= 4 is 0 Å². The topological polar surface area (TPSA) is 47.1 Å². The van der Waals surface area contributed by atoms with Gasteiger partial charge in [0.25, 0.3) is 0 Å². The maximum atomic E-state index is 6.07. The van der Waals surface area contributed by atoms with E-state index in [0.29, 0.717) is 12.6 Å². The average molecular weight is 262 g/mol. The fourth-order valence-corrected chi connectivity index (χ4v) is 2.90. The molecule has 1 aromatic rings. The van der Waals surface area contributed by atoms with Crippen LogP contribution in [0.5, 0.6) is 0 Å². The van der Waals surface area contributed by atoms with Gasteiger partial charge in [0, 0.05) is 37.4 Å². The molecule has 4 heteroatoms. The first-order chi connectivity index (χ1) is 9.31. The Morgan fingerprint density at radius 3 is 2.79 bits per heavy atom. The molecule has 0 aliphatic heterocycles. The quantitative estimate of drug-likeness (QED) is 0.781. The molecule has 2 N–H and O–H groups in total. The normalized spacial score (nSPS) is 21.0. The molecule has 0 aromatic carbocycles. The predicted octanol–water partition coefficient (Wildman–Crippen LogP) is 2.17. The first kappa shape index (κ1) is 13.1. The van der Waals surface area contributed by atoms with Crippen LogP contribution in [0.1, 0.15) is 50.6 Å². The lowest BCUT2D eigenvalue weighted by Gasteiger charge is -2.30. The Hall–Kier alpha value is -0.870. The van der Waals surface area contributed by atoms with Crippen molar-refractivity contribution in [1.29, 1.82) is 0 Å². The van der Waals surface area contributed by atoms with Gasteiger partial charge >= 0.3 is 0 Å². The van der Waals surface area contributed by atoms with E-state index >= 15 is 0 Å². The van der Waals surface area contributed by atoms with Crippen molar-refractivity contribution in [3.05, 3.63) is 18.0 Å². The summed E-state index contributed by atoms with van der Waals surface area (Å²) in [5.41, 5.74) is 7.38. The number of rotatable bonds is 8. The summed E-state index contributed by atoms with van der Waals surface area (Å²) in [6.07, 6.45) is 10.9. The van der Waals surface area contributed by atoms with Gasteiger partial charge in [-0.05, 0) is 38.0 Å². The number of aromatic nitrogens is 2. The number of aryl methyl sites for hydroxylation is 1. The van der Waals surface area contributed by atoms with Crippen LogP contribution < -0.4 is 5.73 Å². The van der Waals surface area contributed by atoms with Crippen LogP contribution in [0.25, 0.3) is 0 Å². The molecule has 1 unspecified atom stereocenters. The Morgan fingerprint density at radius 1 is 1.42 bits per heavy atom. The fourth-order valence-electron chi connectivity index (χ4n) is 2.90.